The molecule has 0 spiro atoms. The first kappa shape index (κ1) is 22.1. The van der Waals surface area contributed by atoms with Gasteiger partial charge in [0.2, 0.25) is 17.6 Å². The summed E-state index contributed by atoms with van der Waals surface area (Å²) in [5, 5.41) is 17.8. The zero-order valence-electron chi connectivity index (χ0n) is 17.4. The third kappa shape index (κ3) is 5.95. The van der Waals surface area contributed by atoms with Crippen LogP contribution < -0.4 is 5.32 Å². The van der Waals surface area contributed by atoms with Crippen LogP contribution in [-0.2, 0) is 16.1 Å². The van der Waals surface area contributed by atoms with Gasteiger partial charge in [-0.3, -0.25) is 14.9 Å². The van der Waals surface area contributed by atoms with Gasteiger partial charge >= 0.3 is 0 Å². The summed E-state index contributed by atoms with van der Waals surface area (Å²) in [5.74, 6) is 0.196. The number of nitrogens with one attached hydrogen (secondary N) is 1. The lowest BCUT2D eigenvalue weighted by Crippen LogP contribution is -2.35. The number of aromatic nitrogens is 2. The molecular weight excluding hydrogens is 400 g/mol. The van der Waals surface area contributed by atoms with Crippen LogP contribution in [0.3, 0.4) is 0 Å². The topological polar surface area (TPSA) is 120 Å². The summed E-state index contributed by atoms with van der Waals surface area (Å²) in [4.78, 5) is 27.3. The van der Waals surface area contributed by atoms with Crippen LogP contribution in [0.5, 0.6) is 0 Å². The van der Waals surface area contributed by atoms with Crippen molar-refractivity contribution in [1.29, 1.82) is 0 Å². The first-order valence-corrected chi connectivity index (χ1v) is 9.97. The molecule has 1 N–H and O–H groups in total. The molecule has 0 aliphatic carbocycles. The predicted molar refractivity (Wildman–Crippen MR) is 113 cm³/mol. The van der Waals surface area contributed by atoms with Crippen LogP contribution in [0.1, 0.15) is 37.8 Å². The van der Waals surface area contributed by atoms with Gasteiger partial charge in [-0.1, -0.05) is 67.9 Å². The summed E-state index contributed by atoms with van der Waals surface area (Å²) in [6.45, 7) is 4.19. The van der Waals surface area contributed by atoms with Crippen molar-refractivity contribution in [2.24, 2.45) is 5.92 Å². The zero-order chi connectivity index (χ0) is 22.2. The number of hydrogen-bond acceptors (Lipinski definition) is 7. The Morgan fingerprint density at radius 2 is 2.00 bits per heavy atom. The smallest absolute Gasteiger partial charge is 0.270 e. The average Bonchev–Trinajstić information content (AvgIpc) is 3.28. The molecule has 0 unspecified atom stereocenters. The molecule has 1 aromatic heterocycles. The van der Waals surface area contributed by atoms with E-state index in [1.54, 1.807) is 12.1 Å². The lowest BCUT2D eigenvalue weighted by molar-refractivity contribution is -0.384. The normalized spacial score (nSPS) is 12.8. The third-order valence-electron chi connectivity index (χ3n) is 4.90. The van der Waals surface area contributed by atoms with Gasteiger partial charge in [-0.15, -0.1) is 0 Å². The Balaban J connectivity index is 1.67. The second-order valence-corrected chi connectivity index (χ2v) is 7.17. The largest absolute Gasteiger partial charge is 0.367 e. The second-order valence-electron chi connectivity index (χ2n) is 7.17. The van der Waals surface area contributed by atoms with Gasteiger partial charge in [-0.2, -0.15) is 4.98 Å². The molecule has 9 nitrogen and oxygen atoms in total. The van der Waals surface area contributed by atoms with E-state index in [1.807, 2.05) is 44.2 Å². The molecule has 0 saturated heterocycles. The number of ether oxygens (including phenoxy) is 1. The predicted octanol–water partition coefficient (Wildman–Crippen LogP) is 4.07. The van der Waals surface area contributed by atoms with E-state index in [0.29, 0.717) is 12.2 Å². The molecule has 0 saturated carbocycles. The average molecular weight is 424 g/mol. The lowest BCUT2D eigenvalue weighted by Gasteiger charge is -2.20. The van der Waals surface area contributed by atoms with Crippen LogP contribution >= 0.6 is 0 Å². The summed E-state index contributed by atoms with van der Waals surface area (Å²) < 4.78 is 10.9. The summed E-state index contributed by atoms with van der Waals surface area (Å²) in [6.07, 6.45) is 0.768. The van der Waals surface area contributed by atoms with Crippen molar-refractivity contribution in [2.75, 3.05) is 6.61 Å². The van der Waals surface area contributed by atoms with Crippen molar-refractivity contribution in [3.63, 3.8) is 0 Å². The quantitative estimate of drug-likeness (QED) is 0.385. The third-order valence-corrected chi connectivity index (χ3v) is 4.90. The Morgan fingerprint density at radius 1 is 1.23 bits per heavy atom. The van der Waals surface area contributed by atoms with Crippen LogP contribution in [-0.4, -0.2) is 27.6 Å². The first-order chi connectivity index (χ1) is 15.0. The van der Waals surface area contributed by atoms with Gasteiger partial charge in [-0.05, 0) is 11.5 Å². The molecule has 0 aliphatic rings. The molecule has 2 aromatic carbocycles. The fraction of sp³-hybridized carbons (Fsp3) is 0.318. The van der Waals surface area contributed by atoms with Crippen LogP contribution in [0.2, 0.25) is 0 Å². The van der Waals surface area contributed by atoms with Crippen molar-refractivity contribution >= 4 is 11.6 Å². The Hall–Kier alpha value is -3.59. The van der Waals surface area contributed by atoms with Gasteiger partial charge in [0.1, 0.15) is 12.6 Å². The zero-order valence-corrected chi connectivity index (χ0v) is 17.4. The second kappa shape index (κ2) is 10.4. The summed E-state index contributed by atoms with van der Waals surface area (Å²) in [7, 11) is 0. The minimum atomic E-state index is -0.502. The minimum absolute atomic E-state index is 0.0245. The minimum Gasteiger partial charge on any atom is -0.367 e. The molecule has 1 heterocycles. The molecule has 3 aromatic rings. The molecule has 0 aliphatic heterocycles. The molecule has 2 atom stereocenters. The van der Waals surface area contributed by atoms with Gasteiger partial charge in [0.25, 0.3) is 5.69 Å². The van der Waals surface area contributed by atoms with E-state index >= 15 is 0 Å². The fourth-order valence-corrected chi connectivity index (χ4v) is 2.97. The molecular formula is C22H24N4O5. The number of benzene rings is 2. The van der Waals surface area contributed by atoms with Gasteiger partial charge in [-0.25, -0.2) is 0 Å². The summed E-state index contributed by atoms with van der Waals surface area (Å²) in [6, 6.07) is 15.1. The number of nitrogens with zero attached hydrogens (tertiary/aromatic N) is 3. The monoisotopic (exact) mass is 424 g/mol. The number of carbonyl (C=O) groups is 1. The molecule has 0 radical (unpaired) electrons. The first-order valence-electron chi connectivity index (χ1n) is 9.97. The van der Waals surface area contributed by atoms with Crippen LogP contribution in [0, 0.1) is 16.0 Å². The highest BCUT2D eigenvalue weighted by Crippen LogP contribution is 2.27. The molecule has 162 valence electrons. The Bertz CT molecular complexity index is 1020. The number of amides is 1. The van der Waals surface area contributed by atoms with E-state index in [4.69, 9.17) is 9.26 Å². The molecule has 1 amide bonds. The Labute approximate surface area is 179 Å². The number of carbonyl (C=O) groups excluding carboxylic acids is 1. The van der Waals surface area contributed by atoms with Gasteiger partial charge in [0.05, 0.1) is 11.5 Å². The van der Waals surface area contributed by atoms with Crippen LogP contribution in [0.25, 0.3) is 11.4 Å². The van der Waals surface area contributed by atoms with Crippen molar-refractivity contribution in [1.82, 2.24) is 15.5 Å². The molecule has 9 heteroatoms. The molecule has 0 bridgehead atoms. The van der Waals surface area contributed by atoms with Crippen LogP contribution in [0.15, 0.2) is 59.1 Å². The van der Waals surface area contributed by atoms with Crippen molar-refractivity contribution in [3.05, 3.63) is 76.2 Å². The van der Waals surface area contributed by atoms with E-state index in [9.17, 15) is 14.9 Å². The highest BCUT2D eigenvalue weighted by molar-refractivity contribution is 5.77. The number of nitro groups is 1. The summed E-state index contributed by atoms with van der Waals surface area (Å²) in [5.41, 5.74) is 1.38. The highest BCUT2D eigenvalue weighted by Gasteiger charge is 2.26. The van der Waals surface area contributed by atoms with Crippen molar-refractivity contribution in [2.45, 2.75) is 32.9 Å². The Kier molecular flexibility index (Phi) is 7.45. The standard InChI is InChI=1S/C22H24N4O5/c1-3-15(2)20(23-19(27)14-30-13-16-8-5-4-6-9-16)22-24-21(25-31-22)17-10-7-11-18(12-17)26(28)29/h4-12,15,20H,3,13-14H2,1-2H3,(H,23,27)/t15-,20+/m0/s1. The fourth-order valence-electron chi connectivity index (χ4n) is 2.97. The lowest BCUT2D eigenvalue weighted by atomic mass is 9.99. The van der Waals surface area contributed by atoms with Crippen LogP contribution in [0.4, 0.5) is 5.69 Å². The van der Waals surface area contributed by atoms with E-state index in [1.165, 1.54) is 12.1 Å². The van der Waals surface area contributed by atoms with Gasteiger partial charge in [0, 0.05) is 17.7 Å². The maximum atomic E-state index is 12.4. The molecule has 3 rings (SSSR count). The van der Waals surface area contributed by atoms with E-state index < -0.39 is 11.0 Å². The number of nitro benzene ring substituents is 1. The molecule has 0 fully saturated rings. The maximum Gasteiger partial charge on any atom is 0.270 e. The van der Waals surface area contributed by atoms with Crippen molar-refractivity contribution in [3.8, 4) is 11.4 Å². The highest BCUT2D eigenvalue weighted by atomic mass is 16.6. The number of hydrogen-bond donors (Lipinski definition) is 1. The summed E-state index contributed by atoms with van der Waals surface area (Å²) >= 11 is 0. The van der Waals surface area contributed by atoms with E-state index in [-0.39, 0.29) is 35.8 Å². The number of non-ortho nitro benzene ring substituents is 1. The maximum absolute atomic E-state index is 12.4. The molecule has 31 heavy (non-hydrogen) atoms. The van der Waals surface area contributed by atoms with Crippen molar-refractivity contribution < 1.29 is 19.0 Å². The van der Waals surface area contributed by atoms with E-state index in [0.717, 1.165) is 12.0 Å². The van der Waals surface area contributed by atoms with Gasteiger partial charge < -0.3 is 14.6 Å². The Morgan fingerprint density at radius 3 is 2.71 bits per heavy atom. The van der Waals surface area contributed by atoms with Gasteiger partial charge in [0.15, 0.2) is 0 Å². The number of rotatable bonds is 10. The SMILES string of the molecule is CC[C@H](C)[C@@H](NC(=O)COCc1ccccc1)c1nc(-c2cccc([N+](=O)[O-])c2)no1. The van der Waals surface area contributed by atoms with E-state index in [2.05, 4.69) is 15.5 Å².